The highest BCUT2D eigenvalue weighted by atomic mass is 16.5. The van der Waals surface area contributed by atoms with Gasteiger partial charge in [-0.15, -0.1) is 0 Å². The third kappa shape index (κ3) is 5.02. The minimum Gasteiger partial charge on any atom is -0.497 e. The average Bonchev–Trinajstić information content (AvgIpc) is 2.53. The van der Waals surface area contributed by atoms with Crippen molar-refractivity contribution in [2.45, 2.75) is 6.42 Å². The first-order chi connectivity index (χ1) is 10.2. The van der Waals surface area contributed by atoms with Gasteiger partial charge in [0.1, 0.15) is 5.75 Å². The molecule has 1 heterocycles. The number of amides is 1. The van der Waals surface area contributed by atoms with E-state index < -0.39 is 0 Å². The Morgan fingerprint density at radius 2 is 2.05 bits per heavy atom. The van der Waals surface area contributed by atoms with Gasteiger partial charge in [-0.05, 0) is 38.2 Å². The summed E-state index contributed by atoms with van der Waals surface area (Å²) in [5.41, 5.74) is 0.647. The fraction of sp³-hybridized carbons (Fsp3) is 0.562. The zero-order valence-corrected chi connectivity index (χ0v) is 13.0. The van der Waals surface area contributed by atoms with E-state index in [9.17, 15) is 4.79 Å². The molecule has 1 fully saturated rings. The second kappa shape index (κ2) is 8.00. The molecule has 0 saturated carbocycles. The lowest BCUT2D eigenvalue weighted by Crippen LogP contribution is -2.45. The predicted molar refractivity (Wildman–Crippen MR) is 83.9 cm³/mol. The molecule has 1 N–H and O–H groups in total. The van der Waals surface area contributed by atoms with E-state index in [1.54, 1.807) is 19.2 Å². The fourth-order valence-corrected chi connectivity index (χ4v) is 2.44. The Balaban J connectivity index is 1.67. The van der Waals surface area contributed by atoms with Crippen LogP contribution in [0.4, 0.5) is 0 Å². The Kier molecular flexibility index (Phi) is 6.02. The van der Waals surface area contributed by atoms with Gasteiger partial charge in [0.25, 0.3) is 5.91 Å². The first-order valence-corrected chi connectivity index (χ1v) is 7.52. The zero-order chi connectivity index (χ0) is 15.1. The van der Waals surface area contributed by atoms with Crippen LogP contribution in [0.2, 0.25) is 0 Å². The van der Waals surface area contributed by atoms with Gasteiger partial charge in [0.2, 0.25) is 0 Å². The van der Waals surface area contributed by atoms with Gasteiger partial charge < -0.3 is 19.9 Å². The average molecular weight is 291 g/mol. The molecule has 1 aromatic carbocycles. The van der Waals surface area contributed by atoms with Gasteiger partial charge in [-0.1, -0.05) is 6.07 Å². The second-order valence-corrected chi connectivity index (χ2v) is 5.49. The summed E-state index contributed by atoms with van der Waals surface area (Å²) in [7, 11) is 3.76. The smallest absolute Gasteiger partial charge is 0.251 e. The van der Waals surface area contributed by atoms with Crippen LogP contribution in [0, 0.1) is 0 Å². The van der Waals surface area contributed by atoms with Crippen molar-refractivity contribution in [3.63, 3.8) is 0 Å². The van der Waals surface area contributed by atoms with E-state index in [1.807, 2.05) is 12.1 Å². The number of hydrogen-bond donors (Lipinski definition) is 1. The summed E-state index contributed by atoms with van der Waals surface area (Å²) in [6, 6.07) is 7.23. The number of nitrogens with one attached hydrogen (secondary N) is 1. The highest BCUT2D eigenvalue weighted by Gasteiger charge is 2.13. The highest BCUT2D eigenvalue weighted by Crippen LogP contribution is 2.12. The molecule has 0 unspecified atom stereocenters. The molecule has 21 heavy (non-hydrogen) atoms. The summed E-state index contributed by atoms with van der Waals surface area (Å²) in [4.78, 5) is 16.8. The van der Waals surface area contributed by atoms with Crippen LogP contribution in [0.1, 0.15) is 16.8 Å². The van der Waals surface area contributed by atoms with Crippen molar-refractivity contribution in [3.8, 4) is 5.75 Å². The molecule has 1 aliphatic heterocycles. The van der Waals surface area contributed by atoms with Crippen LogP contribution < -0.4 is 10.1 Å². The van der Waals surface area contributed by atoms with Crippen molar-refractivity contribution in [3.05, 3.63) is 29.8 Å². The van der Waals surface area contributed by atoms with Gasteiger partial charge in [0.15, 0.2) is 0 Å². The van der Waals surface area contributed by atoms with Crippen molar-refractivity contribution in [2.24, 2.45) is 0 Å². The number of ether oxygens (including phenoxy) is 1. The molecule has 0 radical (unpaired) electrons. The number of hydrogen-bond acceptors (Lipinski definition) is 4. The number of methoxy groups -OCH3 is 1. The van der Waals surface area contributed by atoms with E-state index in [0.29, 0.717) is 17.9 Å². The maximum absolute atomic E-state index is 12.0. The Morgan fingerprint density at radius 3 is 2.76 bits per heavy atom. The minimum absolute atomic E-state index is 0.0349. The first-order valence-electron chi connectivity index (χ1n) is 7.52. The van der Waals surface area contributed by atoms with E-state index in [4.69, 9.17) is 4.74 Å². The summed E-state index contributed by atoms with van der Waals surface area (Å²) in [5, 5.41) is 2.97. The lowest BCUT2D eigenvalue weighted by Gasteiger charge is -2.32. The molecule has 116 valence electrons. The molecule has 1 saturated heterocycles. The third-order valence-corrected chi connectivity index (χ3v) is 3.86. The lowest BCUT2D eigenvalue weighted by atomic mass is 10.2. The van der Waals surface area contributed by atoms with Gasteiger partial charge in [-0.2, -0.15) is 0 Å². The quantitative estimate of drug-likeness (QED) is 0.796. The van der Waals surface area contributed by atoms with Gasteiger partial charge in [-0.25, -0.2) is 0 Å². The van der Waals surface area contributed by atoms with Crippen LogP contribution in [0.3, 0.4) is 0 Å². The summed E-state index contributed by atoms with van der Waals surface area (Å²) in [5.74, 6) is 0.673. The second-order valence-electron chi connectivity index (χ2n) is 5.49. The van der Waals surface area contributed by atoms with Crippen LogP contribution in [0.5, 0.6) is 5.75 Å². The van der Waals surface area contributed by atoms with Crippen LogP contribution in [-0.4, -0.2) is 69.1 Å². The molecule has 0 aromatic heterocycles. The van der Waals surface area contributed by atoms with Crippen LogP contribution in [0.25, 0.3) is 0 Å². The maximum Gasteiger partial charge on any atom is 0.251 e. The Bertz CT molecular complexity index is 457. The number of carbonyl (C=O) groups is 1. The number of carbonyl (C=O) groups excluding carboxylic acids is 1. The predicted octanol–water partition coefficient (Wildman–Crippen LogP) is 1.06. The Labute approximate surface area is 126 Å². The van der Waals surface area contributed by atoms with E-state index in [1.165, 1.54) is 0 Å². The molecule has 5 heteroatoms. The van der Waals surface area contributed by atoms with Crippen molar-refractivity contribution >= 4 is 5.91 Å². The Morgan fingerprint density at radius 1 is 1.29 bits per heavy atom. The van der Waals surface area contributed by atoms with Gasteiger partial charge in [-0.3, -0.25) is 4.79 Å². The third-order valence-electron chi connectivity index (χ3n) is 3.86. The number of nitrogens with zero attached hydrogens (tertiary/aromatic N) is 2. The molecule has 0 spiro atoms. The zero-order valence-electron chi connectivity index (χ0n) is 13.0. The van der Waals surface area contributed by atoms with E-state index in [-0.39, 0.29) is 5.91 Å². The van der Waals surface area contributed by atoms with E-state index in [0.717, 1.165) is 39.1 Å². The molecule has 1 aliphatic rings. The van der Waals surface area contributed by atoms with Crippen LogP contribution in [0.15, 0.2) is 24.3 Å². The largest absolute Gasteiger partial charge is 0.497 e. The fourth-order valence-electron chi connectivity index (χ4n) is 2.44. The van der Waals surface area contributed by atoms with Crippen LogP contribution in [-0.2, 0) is 0 Å². The molecular weight excluding hydrogens is 266 g/mol. The highest BCUT2D eigenvalue weighted by molar-refractivity contribution is 5.94. The summed E-state index contributed by atoms with van der Waals surface area (Å²) >= 11 is 0. The van der Waals surface area contributed by atoms with E-state index in [2.05, 4.69) is 22.2 Å². The molecule has 0 atom stereocenters. The summed E-state index contributed by atoms with van der Waals surface area (Å²) < 4.78 is 5.13. The molecule has 5 nitrogen and oxygen atoms in total. The number of likely N-dealkylation sites (N-methyl/N-ethyl adjacent to an activating group) is 1. The van der Waals surface area contributed by atoms with Gasteiger partial charge in [0, 0.05) is 38.3 Å². The van der Waals surface area contributed by atoms with Crippen LogP contribution >= 0.6 is 0 Å². The molecule has 0 bridgehead atoms. The molecule has 1 amide bonds. The molecular formula is C16H25N3O2. The number of piperazine rings is 1. The van der Waals surface area contributed by atoms with Gasteiger partial charge >= 0.3 is 0 Å². The molecule has 1 aromatic rings. The maximum atomic E-state index is 12.0. The van der Waals surface area contributed by atoms with Crippen molar-refractivity contribution in [1.29, 1.82) is 0 Å². The Hall–Kier alpha value is -1.59. The summed E-state index contributed by atoms with van der Waals surface area (Å²) in [6.45, 7) is 6.28. The number of benzene rings is 1. The first kappa shape index (κ1) is 15.8. The molecule has 0 aliphatic carbocycles. The summed E-state index contributed by atoms with van der Waals surface area (Å²) in [6.07, 6.45) is 0.986. The van der Waals surface area contributed by atoms with Gasteiger partial charge in [0.05, 0.1) is 7.11 Å². The number of rotatable bonds is 6. The standard InChI is InChI=1S/C16H25N3O2/c1-18-9-11-19(12-10-18)8-4-7-17-16(20)14-5-3-6-15(13-14)21-2/h3,5-6,13H,4,7-12H2,1-2H3,(H,17,20). The topological polar surface area (TPSA) is 44.8 Å². The van der Waals surface area contributed by atoms with Crippen molar-refractivity contribution in [1.82, 2.24) is 15.1 Å². The lowest BCUT2D eigenvalue weighted by molar-refractivity contribution is 0.0949. The normalized spacial score (nSPS) is 16.7. The van der Waals surface area contributed by atoms with E-state index >= 15 is 0 Å². The SMILES string of the molecule is COc1cccc(C(=O)NCCCN2CCN(C)CC2)c1. The minimum atomic E-state index is -0.0349. The monoisotopic (exact) mass is 291 g/mol. The van der Waals surface area contributed by atoms with Crippen molar-refractivity contribution in [2.75, 3.05) is 53.4 Å². The molecule has 2 rings (SSSR count). The van der Waals surface area contributed by atoms with Crippen molar-refractivity contribution < 1.29 is 9.53 Å².